The smallest absolute Gasteiger partial charge is 0.322 e. The Kier molecular flexibility index (Phi) is 4.94. The van der Waals surface area contributed by atoms with Crippen molar-refractivity contribution >= 4 is 11.9 Å². The van der Waals surface area contributed by atoms with Gasteiger partial charge in [0, 0.05) is 5.56 Å². The lowest BCUT2D eigenvalue weighted by molar-refractivity contribution is 0.102. The molecule has 2 aromatic carbocycles. The fourth-order valence-electron chi connectivity index (χ4n) is 2.14. The first kappa shape index (κ1) is 16.5. The maximum absolute atomic E-state index is 12.1. The average molecular weight is 339 g/mol. The van der Waals surface area contributed by atoms with Crippen LogP contribution >= 0.6 is 0 Å². The molecule has 7 nitrogen and oxygen atoms in total. The quantitative estimate of drug-likeness (QED) is 0.742. The summed E-state index contributed by atoms with van der Waals surface area (Å²) in [4.78, 5) is 12.1. The van der Waals surface area contributed by atoms with E-state index in [1.54, 1.807) is 43.5 Å². The van der Waals surface area contributed by atoms with Gasteiger partial charge in [0.25, 0.3) is 11.8 Å². The van der Waals surface area contributed by atoms with E-state index in [4.69, 9.17) is 13.9 Å². The molecule has 0 unspecified atom stereocenters. The van der Waals surface area contributed by atoms with Crippen LogP contribution in [-0.2, 0) is 6.61 Å². The molecule has 1 heterocycles. The van der Waals surface area contributed by atoms with E-state index < -0.39 is 0 Å². The van der Waals surface area contributed by atoms with Gasteiger partial charge in [0.2, 0.25) is 0 Å². The number of benzene rings is 2. The number of nitrogens with one attached hydrogen (secondary N) is 1. The molecule has 0 atom stereocenters. The zero-order chi connectivity index (χ0) is 17.6. The molecule has 3 rings (SSSR count). The summed E-state index contributed by atoms with van der Waals surface area (Å²) in [7, 11) is 1.60. The predicted molar refractivity (Wildman–Crippen MR) is 90.8 cm³/mol. The number of methoxy groups -OCH3 is 1. The lowest BCUT2D eigenvalue weighted by Crippen LogP contribution is -2.12. The first-order valence-electron chi connectivity index (χ1n) is 7.61. The van der Waals surface area contributed by atoms with Gasteiger partial charge in [-0.05, 0) is 43.3 Å². The summed E-state index contributed by atoms with van der Waals surface area (Å²) >= 11 is 0. The van der Waals surface area contributed by atoms with E-state index in [0.29, 0.717) is 11.3 Å². The maximum atomic E-state index is 12.1. The van der Waals surface area contributed by atoms with Gasteiger partial charge in [-0.25, -0.2) is 0 Å². The number of amides is 1. The van der Waals surface area contributed by atoms with Crippen molar-refractivity contribution in [2.45, 2.75) is 13.5 Å². The summed E-state index contributed by atoms with van der Waals surface area (Å²) in [5.74, 6) is 1.33. The third-order valence-electron chi connectivity index (χ3n) is 3.39. The van der Waals surface area contributed by atoms with Gasteiger partial charge in [0.15, 0.2) is 6.61 Å². The maximum Gasteiger partial charge on any atom is 0.322 e. The number of hydrogen-bond donors (Lipinski definition) is 1. The van der Waals surface area contributed by atoms with E-state index >= 15 is 0 Å². The number of carbonyl (C=O) groups excluding carboxylic acids is 1. The SMILES string of the molecule is COc1ccc(OCc2nnc(NC(=O)c3cccc(C)c3)o2)cc1. The number of nitrogens with zero attached hydrogens (tertiary/aromatic N) is 2. The second-order valence-corrected chi connectivity index (χ2v) is 5.29. The summed E-state index contributed by atoms with van der Waals surface area (Å²) in [5, 5.41) is 10.2. The van der Waals surface area contributed by atoms with Crippen molar-refractivity contribution in [3.63, 3.8) is 0 Å². The standard InChI is InChI=1S/C18H17N3O4/c1-12-4-3-5-13(10-12)17(22)19-18-21-20-16(25-18)11-24-15-8-6-14(23-2)7-9-15/h3-10H,11H2,1-2H3,(H,19,21,22). The topological polar surface area (TPSA) is 86.5 Å². The number of anilines is 1. The Morgan fingerprint density at radius 1 is 1.12 bits per heavy atom. The van der Waals surface area contributed by atoms with Crippen LogP contribution in [0.25, 0.3) is 0 Å². The van der Waals surface area contributed by atoms with Gasteiger partial charge >= 0.3 is 6.01 Å². The van der Waals surface area contributed by atoms with Crippen molar-refractivity contribution in [1.29, 1.82) is 0 Å². The van der Waals surface area contributed by atoms with Crippen LogP contribution in [0.5, 0.6) is 11.5 Å². The van der Waals surface area contributed by atoms with E-state index in [9.17, 15) is 4.79 Å². The van der Waals surface area contributed by atoms with Crippen LogP contribution < -0.4 is 14.8 Å². The molecule has 1 N–H and O–H groups in total. The minimum Gasteiger partial charge on any atom is -0.497 e. The minimum atomic E-state index is -0.310. The summed E-state index contributed by atoms with van der Waals surface area (Å²) in [6.07, 6.45) is 0. The first-order valence-corrected chi connectivity index (χ1v) is 7.61. The number of rotatable bonds is 6. The molecule has 1 aromatic heterocycles. The van der Waals surface area contributed by atoms with Crippen molar-refractivity contribution < 1.29 is 18.7 Å². The normalized spacial score (nSPS) is 10.3. The van der Waals surface area contributed by atoms with Gasteiger partial charge in [-0.15, -0.1) is 5.10 Å². The lowest BCUT2D eigenvalue weighted by atomic mass is 10.1. The molecule has 0 aliphatic carbocycles. The highest BCUT2D eigenvalue weighted by atomic mass is 16.5. The number of hydrogen-bond acceptors (Lipinski definition) is 6. The highest BCUT2D eigenvalue weighted by molar-refractivity contribution is 6.03. The summed E-state index contributed by atoms with van der Waals surface area (Å²) in [5.41, 5.74) is 1.51. The number of ether oxygens (including phenoxy) is 2. The number of aromatic nitrogens is 2. The van der Waals surface area contributed by atoms with Crippen LogP contribution in [0.2, 0.25) is 0 Å². The second-order valence-electron chi connectivity index (χ2n) is 5.29. The van der Waals surface area contributed by atoms with Gasteiger partial charge in [0.05, 0.1) is 7.11 Å². The molecule has 0 aliphatic heterocycles. The molecule has 0 saturated carbocycles. The van der Waals surface area contributed by atoms with Crippen LogP contribution in [0.15, 0.2) is 52.9 Å². The molecular weight excluding hydrogens is 322 g/mol. The molecule has 0 fully saturated rings. The van der Waals surface area contributed by atoms with E-state index in [1.807, 2.05) is 19.1 Å². The van der Waals surface area contributed by atoms with E-state index in [0.717, 1.165) is 11.3 Å². The first-order chi connectivity index (χ1) is 12.1. The average Bonchev–Trinajstić information content (AvgIpc) is 3.08. The molecule has 128 valence electrons. The Morgan fingerprint density at radius 2 is 1.88 bits per heavy atom. The monoisotopic (exact) mass is 339 g/mol. The Balaban J connectivity index is 1.57. The molecule has 0 bridgehead atoms. The molecule has 0 spiro atoms. The summed E-state index contributed by atoms with van der Waals surface area (Å²) in [6.45, 7) is 2.01. The number of carbonyl (C=O) groups is 1. The van der Waals surface area contributed by atoms with Crippen LogP contribution in [0, 0.1) is 6.92 Å². The summed E-state index contributed by atoms with van der Waals surface area (Å²) in [6, 6.07) is 14.4. The lowest BCUT2D eigenvalue weighted by Gasteiger charge is -2.04. The van der Waals surface area contributed by atoms with Crippen molar-refractivity contribution in [3.05, 3.63) is 65.5 Å². The van der Waals surface area contributed by atoms with Crippen molar-refractivity contribution in [2.24, 2.45) is 0 Å². The Morgan fingerprint density at radius 3 is 2.60 bits per heavy atom. The molecule has 7 heteroatoms. The zero-order valence-electron chi connectivity index (χ0n) is 13.9. The van der Waals surface area contributed by atoms with E-state index in [2.05, 4.69) is 15.5 Å². The largest absolute Gasteiger partial charge is 0.497 e. The van der Waals surface area contributed by atoms with Crippen molar-refractivity contribution in [1.82, 2.24) is 10.2 Å². The van der Waals surface area contributed by atoms with Gasteiger partial charge in [0.1, 0.15) is 11.5 Å². The molecule has 0 aliphatic rings. The molecule has 3 aromatic rings. The minimum absolute atomic E-state index is 0.0276. The van der Waals surface area contributed by atoms with Gasteiger partial charge in [-0.1, -0.05) is 22.8 Å². The molecular formula is C18H17N3O4. The Bertz CT molecular complexity index is 859. The summed E-state index contributed by atoms with van der Waals surface area (Å²) < 4.78 is 16.0. The molecule has 0 saturated heterocycles. The van der Waals surface area contributed by atoms with Gasteiger partial charge in [-0.3, -0.25) is 10.1 Å². The van der Waals surface area contributed by atoms with Gasteiger partial charge in [-0.2, -0.15) is 0 Å². The number of aryl methyl sites for hydroxylation is 1. The third kappa shape index (κ3) is 4.35. The van der Waals surface area contributed by atoms with Crippen LogP contribution in [0.4, 0.5) is 6.01 Å². The van der Waals surface area contributed by atoms with E-state index in [1.165, 1.54) is 0 Å². The highest BCUT2D eigenvalue weighted by Gasteiger charge is 2.12. The van der Waals surface area contributed by atoms with Crippen LogP contribution in [-0.4, -0.2) is 23.2 Å². The third-order valence-corrected chi connectivity index (χ3v) is 3.39. The molecule has 25 heavy (non-hydrogen) atoms. The van der Waals surface area contributed by atoms with Crippen LogP contribution in [0.3, 0.4) is 0 Å². The van der Waals surface area contributed by atoms with Crippen molar-refractivity contribution in [3.8, 4) is 11.5 Å². The fourth-order valence-corrected chi connectivity index (χ4v) is 2.14. The van der Waals surface area contributed by atoms with E-state index in [-0.39, 0.29) is 24.4 Å². The molecule has 0 radical (unpaired) electrons. The Hall–Kier alpha value is -3.35. The predicted octanol–water partition coefficient (Wildman–Crippen LogP) is 3.22. The van der Waals surface area contributed by atoms with Gasteiger partial charge < -0.3 is 13.9 Å². The molecule has 1 amide bonds. The Labute approximate surface area is 144 Å². The van der Waals surface area contributed by atoms with Crippen molar-refractivity contribution in [2.75, 3.05) is 12.4 Å². The second kappa shape index (κ2) is 7.48. The zero-order valence-corrected chi connectivity index (χ0v) is 13.9. The fraction of sp³-hybridized carbons (Fsp3) is 0.167. The van der Waals surface area contributed by atoms with Crippen LogP contribution in [0.1, 0.15) is 21.8 Å². The highest BCUT2D eigenvalue weighted by Crippen LogP contribution is 2.18.